The maximum Gasteiger partial charge on any atom is 0.162 e. The average Bonchev–Trinajstić information content (AvgIpc) is 2.61. The van der Waals surface area contributed by atoms with Crippen molar-refractivity contribution >= 4 is 45.2 Å². The van der Waals surface area contributed by atoms with Gasteiger partial charge >= 0.3 is 0 Å². The molecule has 2 rings (SSSR count). The number of nitrogens with zero attached hydrogens (tertiary/aromatic N) is 2. The maximum absolute atomic E-state index is 8.93. The largest absolute Gasteiger partial charge is 0.490 e. The molecule has 0 spiro atoms. The number of hydrogen-bond acceptors (Lipinski definition) is 4. The van der Waals surface area contributed by atoms with Crippen LogP contribution in [0.5, 0.6) is 11.5 Å². The fourth-order valence-electron chi connectivity index (χ4n) is 2.08. The summed E-state index contributed by atoms with van der Waals surface area (Å²) >= 11 is 15.5. The first-order chi connectivity index (χ1) is 12.5. The van der Waals surface area contributed by atoms with Crippen molar-refractivity contribution < 1.29 is 9.47 Å². The summed E-state index contributed by atoms with van der Waals surface area (Å²) in [6.45, 7) is 2.53. The van der Waals surface area contributed by atoms with Crippen molar-refractivity contribution in [3.05, 3.63) is 61.5 Å². The third-order valence-electron chi connectivity index (χ3n) is 3.30. The first-order valence-corrected chi connectivity index (χ1v) is 9.08. The van der Waals surface area contributed by atoms with Crippen molar-refractivity contribution in [3.63, 3.8) is 0 Å². The summed E-state index contributed by atoms with van der Waals surface area (Å²) in [6, 6.07) is 12.3. The van der Waals surface area contributed by atoms with Crippen LogP contribution in [0.1, 0.15) is 18.1 Å². The van der Waals surface area contributed by atoms with Gasteiger partial charge in [0.1, 0.15) is 24.3 Å². The van der Waals surface area contributed by atoms with Gasteiger partial charge in [0.25, 0.3) is 0 Å². The van der Waals surface area contributed by atoms with E-state index in [1.807, 2.05) is 19.1 Å². The zero-order valence-corrected chi connectivity index (χ0v) is 16.8. The van der Waals surface area contributed by atoms with Gasteiger partial charge in [-0.05, 0) is 42.8 Å². The SMILES string of the molecule is CCOc1cc(C=C(C#N)C#N)c(Br)cc1OCc1ccc(Cl)cc1Cl. The monoisotopic (exact) mass is 450 g/mol. The summed E-state index contributed by atoms with van der Waals surface area (Å²) in [6.07, 6.45) is 1.48. The van der Waals surface area contributed by atoms with E-state index in [-0.39, 0.29) is 12.2 Å². The van der Waals surface area contributed by atoms with Crippen LogP contribution in [0, 0.1) is 22.7 Å². The molecule has 4 nitrogen and oxygen atoms in total. The smallest absolute Gasteiger partial charge is 0.162 e. The average molecular weight is 452 g/mol. The number of nitriles is 2. The number of rotatable bonds is 6. The van der Waals surface area contributed by atoms with Crippen molar-refractivity contribution in [2.75, 3.05) is 6.61 Å². The minimum Gasteiger partial charge on any atom is -0.490 e. The lowest BCUT2D eigenvalue weighted by Crippen LogP contribution is -2.01. The fourth-order valence-corrected chi connectivity index (χ4v) is 2.98. The quantitative estimate of drug-likeness (QED) is 0.493. The second kappa shape index (κ2) is 9.50. The Morgan fingerprint density at radius 2 is 1.81 bits per heavy atom. The second-order valence-electron chi connectivity index (χ2n) is 5.06. The van der Waals surface area contributed by atoms with E-state index >= 15 is 0 Å². The minimum absolute atomic E-state index is 0.00485. The molecule has 0 aliphatic rings. The lowest BCUT2D eigenvalue weighted by molar-refractivity contribution is 0.269. The van der Waals surface area contributed by atoms with Crippen molar-refractivity contribution in [3.8, 4) is 23.6 Å². The zero-order chi connectivity index (χ0) is 19.1. The zero-order valence-electron chi connectivity index (χ0n) is 13.7. The molecule has 0 bridgehead atoms. The number of halogens is 3. The van der Waals surface area contributed by atoms with Crippen LogP contribution in [0.2, 0.25) is 10.0 Å². The Bertz CT molecular complexity index is 914. The van der Waals surface area contributed by atoms with Crippen LogP contribution < -0.4 is 9.47 Å². The molecule has 0 saturated heterocycles. The summed E-state index contributed by atoms with van der Waals surface area (Å²) in [7, 11) is 0. The molecular formula is C19H13BrCl2N2O2. The highest BCUT2D eigenvalue weighted by Gasteiger charge is 2.12. The Morgan fingerprint density at radius 3 is 2.42 bits per heavy atom. The van der Waals surface area contributed by atoms with Gasteiger partial charge in [-0.1, -0.05) is 45.2 Å². The van der Waals surface area contributed by atoms with Crippen LogP contribution in [0.4, 0.5) is 0 Å². The van der Waals surface area contributed by atoms with Gasteiger partial charge in [-0.25, -0.2) is 0 Å². The van der Waals surface area contributed by atoms with Gasteiger partial charge < -0.3 is 9.47 Å². The Morgan fingerprint density at radius 1 is 1.12 bits per heavy atom. The van der Waals surface area contributed by atoms with Crippen molar-refractivity contribution in [1.29, 1.82) is 10.5 Å². The van der Waals surface area contributed by atoms with Crippen LogP contribution in [-0.2, 0) is 6.61 Å². The minimum atomic E-state index is -0.00485. The molecule has 132 valence electrons. The maximum atomic E-state index is 8.93. The van der Waals surface area contributed by atoms with E-state index in [0.717, 1.165) is 5.56 Å². The predicted octanol–water partition coefficient (Wildman–Crippen LogP) is 6.16. The number of ether oxygens (including phenoxy) is 2. The van der Waals surface area contributed by atoms with Gasteiger partial charge in [0, 0.05) is 20.1 Å². The van der Waals surface area contributed by atoms with Crippen molar-refractivity contribution in [1.82, 2.24) is 0 Å². The summed E-state index contributed by atoms with van der Waals surface area (Å²) in [5, 5.41) is 18.9. The molecular weight excluding hydrogens is 439 g/mol. The third-order valence-corrected chi connectivity index (χ3v) is 4.58. The Hall–Kier alpha value is -2.18. The molecule has 0 N–H and O–H groups in total. The predicted molar refractivity (Wildman–Crippen MR) is 105 cm³/mol. The second-order valence-corrected chi connectivity index (χ2v) is 6.76. The third kappa shape index (κ3) is 5.16. The first-order valence-electron chi connectivity index (χ1n) is 7.53. The highest BCUT2D eigenvalue weighted by Crippen LogP contribution is 2.36. The van der Waals surface area contributed by atoms with E-state index in [4.69, 9.17) is 43.2 Å². The molecule has 2 aromatic rings. The van der Waals surface area contributed by atoms with Gasteiger partial charge in [-0.15, -0.1) is 0 Å². The van der Waals surface area contributed by atoms with E-state index in [0.29, 0.717) is 38.2 Å². The summed E-state index contributed by atoms with van der Waals surface area (Å²) < 4.78 is 12.1. The summed E-state index contributed by atoms with van der Waals surface area (Å²) in [5.41, 5.74) is 1.42. The molecule has 26 heavy (non-hydrogen) atoms. The molecule has 0 aliphatic carbocycles. The lowest BCUT2D eigenvalue weighted by Gasteiger charge is -2.14. The molecule has 0 atom stereocenters. The molecule has 0 aliphatic heterocycles. The van der Waals surface area contributed by atoms with Crippen molar-refractivity contribution in [2.24, 2.45) is 0 Å². The normalized spacial score (nSPS) is 9.77. The molecule has 2 aromatic carbocycles. The highest BCUT2D eigenvalue weighted by atomic mass is 79.9. The Kier molecular flexibility index (Phi) is 7.36. The van der Waals surface area contributed by atoms with Crippen LogP contribution in [0.15, 0.2) is 40.4 Å². The molecule has 0 saturated carbocycles. The number of benzene rings is 2. The molecule has 7 heteroatoms. The van der Waals surface area contributed by atoms with Crippen LogP contribution in [0.25, 0.3) is 6.08 Å². The highest BCUT2D eigenvalue weighted by molar-refractivity contribution is 9.10. The Balaban J connectivity index is 2.33. The molecule has 0 aromatic heterocycles. The van der Waals surface area contributed by atoms with E-state index in [1.165, 1.54) is 6.08 Å². The van der Waals surface area contributed by atoms with Gasteiger partial charge in [0.2, 0.25) is 0 Å². The molecule has 0 unspecified atom stereocenters. The Labute approximate surface area is 170 Å². The van der Waals surface area contributed by atoms with Crippen LogP contribution >= 0.6 is 39.1 Å². The van der Waals surface area contributed by atoms with Crippen LogP contribution in [0.3, 0.4) is 0 Å². The van der Waals surface area contributed by atoms with Gasteiger partial charge in [0.15, 0.2) is 11.5 Å². The number of allylic oxidation sites excluding steroid dienone is 1. The molecule has 0 amide bonds. The lowest BCUT2D eigenvalue weighted by atomic mass is 10.1. The van der Waals surface area contributed by atoms with Crippen LogP contribution in [-0.4, -0.2) is 6.61 Å². The summed E-state index contributed by atoms with van der Waals surface area (Å²) in [4.78, 5) is 0. The van der Waals surface area contributed by atoms with E-state index in [2.05, 4.69) is 15.9 Å². The van der Waals surface area contributed by atoms with Gasteiger partial charge in [-0.2, -0.15) is 10.5 Å². The topological polar surface area (TPSA) is 66.0 Å². The van der Waals surface area contributed by atoms with E-state index in [9.17, 15) is 0 Å². The molecule has 0 fully saturated rings. The first kappa shape index (κ1) is 20.1. The standard InChI is InChI=1S/C19H13BrCl2N2O2/c1-2-25-18-6-14(5-12(9-23)10-24)16(20)8-19(18)26-11-13-3-4-15(21)7-17(13)22/h3-8H,2,11H2,1H3. The number of hydrogen-bond donors (Lipinski definition) is 0. The van der Waals surface area contributed by atoms with E-state index < -0.39 is 0 Å². The summed E-state index contributed by atoms with van der Waals surface area (Å²) in [5.74, 6) is 1.01. The fraction of sp³-hybridized carbons (Fsp3) is 0.158. The molecule has 0 radical (unpaired) electrons. The van der Waals surface area contributed by atoms with Crippen molar-refractivity contribution in [2.45, 2.75) is 13.5 Å². The van der Waals surface area contributed by atoms with E-state index in [1.54, 1.807) is 30.3 Å². The van der Waals surface area contributed by atoms with Gasteiger partial charge in [-0.3, -0.25) is 0 Å². The van der Waals surface area contributed by atoms with Gasteiger partial charge in [0.05, 0.1) is 6.61 Å². The molecule has 0 heterocycles.